The molecule has 0 bridgehead atoms. The minimum atomic E-state index is -0.999. The Labute approximate surface area is 109 Å². The highest BCUT2D eigenvalue weighted by atomic mass is 16.4. The molecule has 0 aliphatic carbocycles. The molecule has 0 radical (unpaired) electrons. The molecule has 94 valence electrons. The topological polar surface area (TPSA) is 68.0 Å². The van der Waals surface area contributed by atoms with Crippen molar-refractivity contribution in [3.05, 3.63) is 54.2 Å². The summed E-state index contributed by atoms with van der Waals surface area (Å²) in [7, 11) is 0. The molecule has 0 saturated carbocycles. The Morgan fingerprint density at radius 1 is 1.26 bits per heavy atom. The monoisotopic (exact) mass is 253 g/mol. The second-order valence-electron chi connectivity index (χ2n) is 4.19. The van der Waals surface area contributed by atoms with Gasteiger partial charge >= 0.3 is 5.97 Å². The number of aromatic carboxylic acids is 1. The number of nitrogens with zero attached hydrogens (tertiary/aromatic N) is 3. The number of para-hydroxylation sites is 1. The quantitative estimate of drug-likeness (QED) is 0.761. The van der Waals surface area contributed by atoms with E-state index >= 15 is 0 Å². The Morgan fingerprint density at radius 3 is 2.74 bits per heavy atom. The van der Waals surface area contributed by atoms with Crippen LogP contribution in [0.2, 0.25) is 0 Å². The first-order chi connectivity index (χ1) is 9.18. The lowest BCUT2D eigenvalue weighted by Gasteiger charge is -2.12. The number of pyridine rings is 1. The maximum atomic E-state index is 11.4. The zero-order chi connectivity index (χ0) is 13.4. The Hall–Kier alpha value is -2.69. The van der Waals surface area contributed by atoms with Crippen LogP contribution in [0.3, 0.4) is 0 Å². The van der Waals surface area contributed by atoms with Crippen LogP contribution in [0.15, 0.2) is 42.9 Å². The number of carbonyl (C=O) groups is 1. The second kappa shape index (κ2) is 4.20. The summed E-state index contributed by atoms with van der Waals surface area (Å²) >= 11 is 0. The molecule has 2 aromatic heterocycles. The van der Waals surface area contributed by atoms with Crippen molar-refractivity contribution in [1.82, 2.24) is 14.5 Å². The number of hydrogen-bond acceptors (Lipinski definition) is 3. The Kier molecular flexibility index (Phi) is 2.52. The number of aryl methyl sites for hydroxylation is 1. The molecule has 3 rings (SSSR count). The minimum absolute atomic E-state index is 0.166. The maximum absolute atomic E-state index is 11.4. The zero-order valence-electron chi connectivity index (χ0n) is 10.2. The molecule has 5 heteroatoms. The standard InChI is InChI=1S/C14H11N3O2/c1-9-15-6-7-17(9)13-10-4-2-3-5-12(10)16-8-11(13)14(18)19/h2-8H,1H3,(H,18,19). The summed E-state index contributed by atoms with van der Waals surface area (Å²) in [5.41, 5.74) is 1.53. The number of imidazole rings is 1. The third-order valence-electron chi connectivity index (χ3n) is 3.04. The van der Waals surface area contributed by atoms with Crippen LogP contribution >= 0.6 is 0 Å². The van der Waals surface area contributed by atoms with E-state index in [1.807, 2.05) is 31.2 Å². The minimum Gasteiger partial charge on any atom is -0.478 e. The van der Waals surface area contributed by atoms with Crippen molar-refractivity contribution in [2.45, 2.75) is 6.92 Å². The van der Waals surface area contributed by atoms with E-state index in [-0.39, 0.29) is 5.56 Å². The molecule has 0 aliphatic rings. The molecule has 3 aromatic rings. The molecule has 2 heterocycles. The molecule has 0 amide bonds. The first-order valence-electron chi connectivity index (χ1n) is 5.80. The lowest BCUT2D eigenvalue weighted by atomic mass is 10.1. The van der Waals surface area contributed by atoms with E-state index < -0.39 is 5.97 Å². The number of fused-ring (bicyclic) bond motifs is 1. The van der Waals surface area contributed by atoms with Gasteiger partial charge in [-0.1, -0.05) is 18.2 Å². The molecular formula is C14H11N3O2. The molecule has 0 atom stereocenters. The number of carboxylic acids is 1. The summed E-state index contributed by atoms with van der Waals surface area (Å²) in [6, 6.07) is 7.46. The second-order valence-corrected chi connectivity index (χ2v) is 4.19. The van der Waals surface area contributed by atoms with Gasteiger partial charge in [-0.25, -0.2) is 9.78 Å². The van der Waals surface area contributed by atoms with Crippen LogP contribution in [0, 0.1) is 6.92 Å². The average Bonchev–Trinajstić information content (AvgIpc) is 2.83. The Balaban J connectivity index is 2.45. The van der Waals surface area contributed by atoms with Crippen LogP contribution in [0.4, 0.5) is 0 Å². The predicted molar refractivity (Wildman–Crippen MR) is 70.6 cm³/mol. The smallest absolute Gasteiger partial charge is 0.339 e. The fourth-order valence-corrected chi connectivity index (χ4v) is 2.16. The Bertz CT molecular complexity index is 777. The summed E-state index contributed by atoms with van der Waals surface area (Å²) in [4.78, 5) is 19.7. The summed E-state index contributed by atoms with van der Waals surface area (Å²) in [6.07, 6.45) is 4.79. The van der Waals surface area contributed by atoms with Gasteiger partial charge in [0.1, 0.15) is 11.4 Å². The van der Waals surface area contributed by atoms with Crippen molar-refractivity contribution in [2.75, 3.05) is 0 Å². The van der Waals surface area contributed by atoms with Crippen molar-refractivity contribution in [3.63, 3.8) is 0 Å². The van der Waals surface area contributed by atoms with Crippen molar-refractivity contribution in [1.29, 1.82) is 0 Å². The zero-order valence-corrected chi connectivity index (χ0v) is 10.2. The summed E-state index contributed by atoms with van der Waals surface area (Å²) in [5.74, 6) is -0.264. The fourth-order valence-electron chi connectivity index (χ4n) is 2.16. The molecule has 1 N–H and O–H groups in total. The van der Waals surface area contributed by atoms with Crippen LogP contribution in [-0.2, 0) is 0 Å². The molecule has 0 unspecified atom stereocenters. The van der Waals surface area contributed by atoms with Gasteiger partial charge in [-0.05, 0) is 13.0 Å². The number of benzene rings is 1. The van der Waals surface area contributed by atoms with Crippen LogP contribution in [0.1, 0.15) is 16.2 Å². The fraction of sp³-hybridized carbons (Fsp3) is 0.0714. The van der Waals surface area contributed by atoms with Crippen LogP contribution < -0.4 is 0 Å². The lowest BCUT2D eigenvalue weighted by molar-refractivity contribution is 0.0696. The predicted octanol–water partition coefficient (Wildman–Crippen LogP) is 2.43. The molecular weight excluding hydrogens is 242 g/mol. The van der Waals surface area contributed by atoms with Crippen molar-refractivity contribution in [3.8, 4) is 5.69 Å². The van der Waals surface area contributed by atoms with Gasteiger partial charge in [-0.15, -0.1) is 0 Å². The average molecular weight is 253 g/mol. The molecule has 0 aliphatic heterocycles. The number of rotatable bonds is 2. The summed E-state index contributed by atoms with van der Waals surface area (Å²) in [6.45, 7) is 1.83. The van der Waals surface area contributed by atoms with E-state index in [0.717, 1.165) is 16.7 Å². The highest BCUT2D eigenvalue weighted by molar-refractivity contribution is 6.00. The van der Waals surface area contributed by atoms with Crippen LogP contribution in [0.5, 0.6) is 0 Å². The van der Waals surface area contributed by atoms with Gasteiger partial charge in [0.25, 0.3) is 0 Å². The first kappa shape index (κ1) is 11.4. The van der Waals surface area contributed by atoms with Gasteiger partial charge in [0, 0.05) is 24.0 Å². The lowest BCUT2D eigenvalue weighted by Crippen LogP contribution is -2.08. The van der Waals surface area contributed by atoms with E-state index in [1.54, 1.807) is 17.0 Å². The first-order valence-corrected chi connectivity index (χ1v) is 5.80. The normalized spacial score (nSPS) is 10.8. The molecule has 0 saturated heterocycles. The largest absolute Gasteiger partial charge is 0.478 e. The molecule has 0 spiro atoms. The van der Waals surface area contributed by atoms with Crippen LogP contribution in [0.25, 0.3) is 16.6 Å². The third kappa shape index (κ3) is 1.76. The molecule has 19 heavy (non-hydrogen) atoms. The van der Waals surface area contributed by atoms with E-state index in [1.165, 1.54) is 6.20 Å². The van der Waals surface area contributed by atoms with Gasteiger partial charge in [0.05, 0.1) is 11.2 Å². The van der Waals surface area contributed by atoms with E-state index in [4.69, 9.17) is 0 Å². The van der Waals surface area contributed by atoms with E-state index in [2.05, 4.69) is 9.97 Å². The van der Waals surface area contributed by atoms with Crippen molar-refractivity contribution >= 4 is 16.9 Å². The Morgan fingerprint density at radius 2 is 2.05 bits per heavy atom. The van der Waals surface area contributed by atoms with E-state index in [0.29, 0.717) is 5.69 Å². The molecule has 1 aromatic carbocycles. The highest BCUT2D eigenvalue weighted by Crippen LogP contribution is 2.25. The summed E-state index contributed by atoms with van der Waals surface area (Å²) in [5, 5.41) is 10.1. The third-order valence-corrected chi connectivity index (χ3v) is 3.04. The maximum Gasteiger partial charge on any atom is 0.339 e. The van der Waals surface area contributed by atoms with Gasteiger partial charge in [-0.2, -0.15) is 0 Å². The molecule has 5 nitrogen and oxygen atoms in total. The van der Waals surface area contributed by atoms with Crippen LogP contribution in [-0.4, -0.2) is 25.6 Å². The van der Waals surface area contributed by atoms with Gasteiger partial charge in [0.2, 0.25) is 0 Å². The summed E-state index contributed by atoms with van der Waals surface area (Å²) < 4.78 is 1.77. The number of aromatic nitrogens is 3. The van der Waals surface area contributed by atoms with Gasteiger partial charge < -0.3 is 9.67 Å². The van der Waals surface area contributed by atoms with Gasteiger partial charge in [0.15, 0.2) is 0 Å². The SMILES string of the molecule is Cc1nccn1-c1c(C(=O)O)cnc2ccccc12. The van der Waals surface area contributed by atoms with Crippen molar-refractivity contribution < 1.29 is 9.90 Å². The van der Waals surface area contributed by atoms with Crippen molar-refractivity contribution in [2.24, 2.45) is 0 Å². The highest BCUT2D eigenvalue weighted by Gasteiger charge is 2.16. The number of hydrogen-bond donors (Lipinski definition) is 1. The van der Waals surface area contributed by atoms with Gasteiger partial charge in [-0.3, -0.25) is 4.98 Å². The molecule has 0 fully saturated rings. The van der Waals surface area contributed by atoms with E-state index in [9.17, 15) is 9.90 Å². The number of carboxylic acid groups (broad SMARTS) is 1.